The van der Waals surface area contributed by atoms with Crippen molar-refractivity contribution in [3.05, 3.63) is 59.5 Å². The summed E-state index contributed by atoms with van der Waals surface area (Å²) in [5, 5.41) is 13.2. The van der Waals surface area contributed by atoms with Crippen molar-refractivity contribution in [2.75, 3.05) is 11.9 Å². The van der Waals surface area contributed by atoms with Crippen LogP contribution in [0.5, 0.6) is 11.5 Å². The lowest BCUT2D eigenvalue weighted by Gasteiger charge is -2.12. The average Bonchev–Trinajstić information content (AvgIpc) is 3.13. The minimum atomic E-state index is -0.654. The summed E-state index contributed by atoms with van der Waals surface area (Å²) in [4.78, 5) is 16.5. The average molecular weight is 415 g/mol. The number of benzene rings is 2. The van der Waals surface area contributed by atoms with E-state index in [0.717, 1.165) is 16.0 Å². The van der Waals surface area contributed by atoms with Crippen molar-refractivity contribution < 1.29 is 19.0 Å². The van der Waals surface area contributed by atoms with Crippen LogP contribution < -0.4 is 15.8 Å². The molecule has 2 aromatic carbocycles. The Balaban J connectivity index is 1.61. The van der Waals surface area contributed by atoms with E-state index in [1.54, 1.807) is 12.3 Å². The number of nitrogens with two attached hydrogens (primary N) is 1. The van der Waals surface area contributed by atoms with Crippen molar-refractivity contribution >= 4 is 22.4 Å². The van der Waals surface area contributed by atoms with Crippen LogP contribution in [0.3, 0.4) is 0 Å². The molecule has 0 aliphatic rings. The molecule has 0 radical (unpaired) electrons. The largest absolute Gasteiger partial charge is 0.505 e. The maximum Gasteiger partial charge on any atom is 0.308 e. The topological polar surface area (TPSA) is 97.5 Å². The molecule has 0 amide bonds. The van der Waals surface area contributed by atoms with Gasteiger partial charge in [-0.2, -0.15) is 0 Å². The molecule has 4 N–H and O–H groups in total. The number of carbonyl (C=O) groups excluding carboxylic acids is 1. The Bertz CT molecular complexity index is 1020. The molecule has 1 unspecified atom stereocenters. The number of ether oxygens (including phenoxy) is 1. The van der Waals surface area contributed by atoms with Crippen LogP contribution in [-0.4, -0.2) is 28.6 Å². The molecule has 0 saturated carbocycles. The van der Waals surface area contributed by atoms with E-state index in [2.05, 4.69) is 10.3 Å². The highest BCUT2D eigenvalue weighted by molar-refractivity contribution is 7.18. The van der Waals surface area contributed by atoms with Crippen molar-refractivity contribution in [3.8, 4) is 21.9 Å². The van der Waals surface area contributed by atoms with Crippen molar-refractivity contribution in [2.24, 2.45) is 5.73 Å². The van der Waals surface area contributed by atoms with Gasteiger partial charge >= 0.3 is 5.97 Å². The molecular formula is C21H22FN3O3S. The third kappa shape index (κ3) is 5.52. The van der Waals surface area contributed by atoms with Gasteiger partial charge in [-0.05, 0) is 48.2 Å². The van der Waals surface area contributed by atoms with E-state index in [0.29, 0.717) is 29.4 Å². The second-order valence-electron chi connectivity index (χ2n) is 6.73. The monoisotopic (exact) mass is 415 g/mol. The number of nitrogens with one attached hydrogen (secondary N) is 1. The summed E-state index contributed by atoms with van der Waals surface area (Å²) in [5.74, 6) is -0.859. The number of phenols is 1. The van der Waals surface area contributed by atoms with E-state index in [1.807, 2.05) is 25.1 Å². The highest BCUT2D eigenvalue weighted by Gasteiger charge is 2.11. The van der Waals surface area contributed by atoms with Crippen molar-refractivity contribution in [2.45, 2.75) is 26.3 Å². The second kappa shape index (κ2) is 9.02. The molecular weight excluding hydrogens is 393 g/mol. The Hall–Kier alpha value is -2.97. The number of hydrogen-bond acceptors (Lipinski definition) is 7. The lowest BCUT2D eigenvalue weighted by molar-refractivity contribution is -0.131. The van der Waals surface area contributed by atoms with Gasteiger partial charge in [-0.15, -0.1) is 0 Å². The van der Waals surface area contributed by atoms with Gasteiger partial charge < -0.3 is 20.9 Å². The Morgan fingerprint density at radius 2 is 2.14 bits per heavy atom. The lowest BCUT2D eigenvalue weighted by atomic mass is 10.1. The molecule has 1 heterocycles. The summed E-state index contributed by atoms with van der Waals surface area (Å²) >= 11 is 1.46. The van der Waals surface area contributed by atoms with Crippen LogP contribution in [0.4, 0.5) is 9.52 Å². The molecule has 152 valence electrons. The van der Waals surface area contributed by atoms with Crippen molar-refractivity contribution in [1.29, 1.82) is 0 Å². The first kappa shape index (κ1) is 20.8. The minimum absolute atomic E-state index is 0.249. The molecule has 0 bridgehead atoms. The molecule has 0 aliphatic carbocycles. The number of nitrogens with zero attached hydrogens (tertiary/aromatic N) is 1. The molecule has 29 heavy (non-hydrogen) atoms. The molecule has 3 aromatic rings. The second-order valence-corrected chi connectivity index (χ2v) is 7.77. The highest BCUT2D eigenvalue weighted by atomic mass is 32.1. The van der Waals surface area contributed by atoms with Crippen LogP contribution in [0, 0.1) is 12.7 Å². The number of thiazole rings is 1. The Morgan fingerprint density at radius 1 is 1.34 bits per heavy atom. The van der Waals surface area contributed by atoms with Gasteiger partial charge in [0, 0.05) is 25.7 Å². The molecule has 0 fully saturated rings. The van der Waals surface area contributed by atoms with E-state index >= 15 is 0 Å². The minimum Gasteiger partial charge on any atom is -0.505 e. The van der Waals surface area contributed by atoms with Gasteiger partial charge in [0.15, 0.2) is 16.7 Å². The van der Waals surface area contributed by atoms with Crippen LogP contribution in [0.15, 0.2) is 42.6 Å². The SMILES string of the molecule is CC(=O)Oc1cc(-c2cnc(NCC(N)Cc3ccc(O)c(F)c3)s2)ccc1C. The van der Waals surface area contributed by atoms with Crippen molar-refractivity contribution in [3.63, 3.8) is 0 Å². The van der Waals surface area contributed by atoms with Crippen LogP contribution in [0.1, 0.15) is 18.1 Å². The van der Waals surface area contributed by atoms with Crippen LogP contribution in [0.25, 0.3) is 10.4 Å². The predicted octanol–water partition coefficient (Wildman–Crippen LogP) is 3.87. The predicted molar refractivity (Wildman–Crippen MR) is 112 cm³/mol. The number of aryl methyl sites for hydroxylation is 1. The molecule has 6 nitrogen and oxygen atoms in total. The third-order valence-electron chi connectivity index (χ3n) is 4.26. The number of aromatic nitrogens is 1. The summed E-state index contributed by atoms with van der Waals surface area (Å²) in [6, 6.07) is 9.67. The van der Waals surface area contributed by atoms with E-state index in [1.165, 1.54) is 30.4 Å². The molecule has 0 spiro atoms. The van der Waals surface area contributed by atoms with Crippen molar-refractivity contribution in [1.82, 2.24) is 4.98 Å². The summed E-state index contributed by atoms with van der Waals surface area (Å²) in [5.41, 5.74) is 8.62. The Kier molecular flexibility index (Phi) is 6.46. The number of aromatic hydroxyl groups is 1. The quantitative estimate of drug-likeness (QED) is 0.400. The first-order chi connectivity index (χ1) is 13.8. The number of anilines is 1. The molecule has 0 aliphatic heterocycles. The van der Waals surface area contributed by atoms with Crippen LogP contribution >= 0.6 is 11.3 Å². The fraction of sp³-hybridized carbons (Fsp3) is 0.238. The van der Waals surface area contributed by atoms with E-state index in [9.17, 15) is 14.3 Å². The molecule has 3 rings (SSSR count). The van der Waals surface area contributed by atoms with Crippen LogP contribution in [-0.2, 0) is 11.2 Å². The molecule has 8 heteroatoms. The Morgan fingerprint density at radius 3 is 2.86 bits per heavy atom. The lowest BCUT2D eigenvalue weighted by Crippen LogP contribution is -2.31. The summed E-state index contributed by atoms with van der Waals surface area (Å²) < 4.78 is 18.7. The first-order valence-corrected chi connectivity index (χ1v) is 9.85. The zero-order valence-corrected chi connectivity index (χ0v) is 16.9. The maximum atomic E-state index is 13.4. The normalized spacial score (nSPS) is 11.9. The maximum absolute atomic E-state index is 13.4. The Labute approximate surface area is 172 Å². The fourth-order valence-corrected chi connectivity index (χ4v) is 3.60. The van der Waals surface area contributed by atoms with Gasteiger partial charge in [-0.25, -0.2) is 9.37 Å². The number of rotatable bonds is 7. The smallest absolute Gasteiger partial charge is 0.308 e. The number of carbonyl (C=O) groups is 1. The summed E-state index contributed by atoms with van der Waals surface area (Å²) in [6.45, 7) is 3.71. The van der Waals surface area contributed by atoms with Gasteiger partial charge in [-0.3, -0.25) is 4.79 Å². The van der Waals surface area contributed by atoms with Crippen LogP contribution in [0.2, 0.25) is 0 Å². The van der Waals surface area contributed by atoms with E-state index in [4.69, 9.17) is 10.5 Å². The van der Waals surface area contributed by atoms with Gasteiger partial charge in [0.2, 0.25) is 0 Å². The van der Waals surface area contributed by atoms with E-state index in [-0.39, 0.29) is 17.8 Å². The van der Waals surface area contributed by atoms with Gasteiger partial charge in [0.05, 0.1) is 4.88 Å². The fourth-order valence-electron chi connectivity index (χ4n) is 2.78. The number of hydrogen-bond donors (Lipinski definition) is 3. The summed E-state index contributed by atoms with van der Waals surface area (Å²) in [6.07, 6.45) is 2.21. The zero-order chi connectivity index (χ0) is 21.0. The first-order valence-electron chi connectivity index (χ1n) is 9.04. The third-order valence-corrected chi connectivity index (χ3v) is 5.26. The van der Waals surface area contributed by atoms with Gasteiger partial charge in [0.25, 0.3) is 0 Å². The molecule has 1 aromatic heterocycles. The standard InChI is InChI=1S/C21H22FN3O3S/c1-12-3-5-15(9-19(12)28-13(2)26)20-11-25-21(29-20)24-10-16(23)7-14-4-6-18(27)17(22)8-14/h3-6,8-9,11,16,27H,7,10,23H2,1-2H3,(H,24,25). The number of halogens is 1. The summed E-state index contributed by atoms with van der Waals surface area (Å²) in [7, 11) is 0. The highest BCUT2D eigenvalue weighted by Crippen LogP contribution is 2.32. The van der Waals surface area contributed by atoms with Gasteiger partial charge in [0.1, 0.15) is 5.75 Å². The molecule has 1 atom stereocenters. The zero-order valence-electron chi connectivity index (χ0n) is 16.1. The van der Waals surface area contributed by atoms with Gasteiger partial charge in [-0.1, -0.05) is 29.5 Å². The van der Waals surface area contributed by atoms with E-state index < -0.39 is 5.82 Å². The number of phenolic OH excluding ortho intramolecular Hbond substituents is 1. The molecule has 0 saturated heterocycles. The number of esters is 1.